The summed E-state index contributed by atoms with van der Waals surface area (Å²) in [5, 5.41) is 10.3. The summed E-state index contributed by atoms with van der Waals surface area (Å²) < 4.78 is 18.9. The number of hydrogen-bond donors (Lipinski definition) is 1. The number of allylic oxidation sites excluding steroid dienone is 1. The van der Waals surface area contributed by atoms with E-state index in [4.69, 9.17) is 14.2 Å². The summed E-state index contributed by atoms with van der Waals surface area (Å²) in [6.45, 7) is 15.0. The number of aliphatic hydroxyl groups excluding tert-OH is 1. The van der Waals surface area contributed by atoms with E-state index in [1.165, 1.54) is 0 Å². The molecule has 23 heavy (non-hydrogen) atoms. The van der Waals surface area contributed by atoms with Crippen LogP contribution in [0.25, 0.3) is 0 Å². The maximum absolute atomic E-state index is 10.3. The summed E-state index contributed by atoms with van der Waals surface area (Å²) in [7, 11) is 0. The molecular formula is C19H32O4. The van der Waals surface area contributed by atoms with Gasteiger partial charge in [0.15, 0.2) is 6.10 Å². The zero-order valence-electron chi connectivity index (χ0n) is 15.6. The summed E-state index contributed by atoms with van der Waals surface area (Å²) >= 11 is 0. The molecule has 1 N–H and O–H groups in total. The Hall–Kier alpha value is -0.740. The lowest BCUT2D eigenvalue weighted by atomic mass is 9.70. The standard InChI is InChI=1S/C19H32O4/c1-11(2)10-15(20)21-16-18(7)9-8-14(17(18,5)6)19(16)22-12(3)13(4)23-19/h10-14,16,20H,8-9H2,1-7H3/b15-10+/t12-,13+,14-,16-,18-,19?/m0/s1. The normalized spacial score (nSPS) is 48.6. The Bertz CT molecular complexity index is 499. The van der Waals surface area contributed by atoms with E-state index >= 15 is 0 Å². The minimum absolute atomic E-state index is 0.00615. The highest BCUT2D eigenvalue weighted by Crippen LogP contribution is 2.72. The molecule has 2 bridgehead atoms. The number of fused-ring (bicyclic) bond motifs is 3. The molecule has 1 saturated heterocycles. The molecule has 4 nitrogen and oxygen atoms in total. The van der Waals surface area contributed by atoms with Crippen LogP contribution in [-0.4, -0.2) is 29.2 Å². The van der Waals surface area contributed by atoms with Crippen LogP contribution in [0.4, 0.5) is 0 Å². The third kappa shape index (κ3) is 2.17. The average molecular weight is 324 g/mol. The van der Waals surface area contributed by atoms with Crippen molar-refractivity contribution in [1.29, 1.82) is 0 Å². The summed E-state index contributed by atoms with van der Waals surface area (Å²) in [6.07, 6.45) is 3.69. The molecule has 0 aromatic heterocycles. The van der Waals surface area contributed by atoms with Crippen LogP contribution in [0.5, 0.6) is 0 Å². The van der Waals surface area contributed by atoms with Crippen molar-refractivity contribution in [3.63, 3.8) is 0 Å². The van der Waals surface area contributed by atoms with Gasteiger partial charge in [0.25, 0.3) is 5.95 Å². The summed E-state index contributed by atoms with van der Waals surface area (Å²) in [6, 6.07) is 0. The topological polar surface area (TPSA) is 47.9 Å². The first-order valence-electron chi connectivity index (χ1n) is 8.97. The Balaban J connectivity index is 2.00. The van der Waals surface area contributed by atoms with Crippen LogP contribution in [0.15, 0.2) is 12.0 Å². The van der Waals surface area contributed by atoms with Crippen molar-refractivity contribution in [3.8, 4) is 0 Å². The second-order valence-electron chi connectivity index (χ2n) is 8.84. The van der Waals surface area contributed by atoms with Gasteiger partial charge in [-0.3, -0.25) is 0 Å². The molecule has 2 saturated carbocycles. The first kappa shape index (κ1) is 17.1. The van der Waals surface area contributed by atoms with Gasteiger partial charge in [-0.1, -0.05) is 34.6 Å². The predicted molar refractivity (Wildman–Crippen MR) is 88.9 cm³/mol. The van der Waals surface area contributed by atoms with Gasteiger partial charge < -0.3 is 19.3 Å². The van der Waals surface area contributed by atoms with E-state index in [0.29, 0.717) is 0 Å². The molecule has 1 aliphatic heterocycles. The second kappa shape index (κ2) is 5.13. The summed E-state index contributed by atoms with van der Waals surface area (Å²) in [4.78, 5) is 0. The van der Waals surface area contributed by atoms with Crippen molar-refractivity contribution in [3.05, 3.63) is 12.0 Å². The van der Waals surface area contributed by atoms with Crippen molar-refractivity contribution < 1.29 is 19.3 Å². The highest BCUT2D eigenvalue weighted by molar-refractivity contribution is 5.21. The molecule has 1 heterocycles. The van der Waals surface area contributed by atoms with Crippen LogP contribution in [0.3, 0.4) is 0 Å². The number of aliphatic hydroxyl groups is 1. The van der Waals surface area contributed by atoms with Gasteiger partial charge in [0.05, 0.1) is 12.2 Å². The van der Waals surface area contributed by atoms with E-state index in [1.54, 1.807) is 6.08 Å². The molecule has 2 aliphatic carbocycles. The molecule has 0 aromatic rings. The zero-order chi connectivity index (χ0) is 17.2. The molecule has 0 amide bonds. The second-order valence-corrected chi connectivity index (χ2v) is 8.84. The Kier molecular flexibility index (Phi) is 3.81. The molecule has 4 heteroatoms. The Morgan fingerprint density at radius 2 is 1.74 bits per heavy atom. The first-order chi connectivity index (χ1) is 10.5. The van der Waals surface area contributed by atoms with Gasteiger partial charge in [-0.15, -0.1) is 0 Å². The van der Waals surface area contributed by atoms with Gasteiger partial charge >= 0.3 is 0 Å². The Labute approximate surface area is 140 Å². The lowest BCUT2D eigenvalue weighted by Crippen LogP contribution is -2.52. The summed E-state index contributed by atoms with van der Waals surface area (Å²) in [5.74, 6) is -0.236. The van der Waals surface area contributed by atoms with Crippen LogP contribution < -0.4 is 0 Å². The van der Waals surface area contributed by atoms with Gasteiger partial charge in [0.1, 0.15) is 0 Å². The lowest BCUT2D eigenvalue weighted by Gasteiger charge is -2.42. The third-order valence-electron chi connectivity index (χ3n) is 6.84. The molecular weight excluding hydrogens is 292 g/mol. The van der Waals surface area contributed by atoms with Crippen LogP contribution >= 0.6 is 0 Å². The predicted octanol–water partition coefficient (Wildman–Crippen LogP) is 4.40. The molecule has 3 aliphatic rings. The lowest BCUT2D eigenvalue weighted by molar-refractivity contribution is -0.274. The maximum Gasteiger partial charge on any atom is 0.273 e. The van der Waals surface area contributed by atoms with E-state index in [1.807, 2.05) is 13.8 Å². The van der Waals surface area contributed by atoms with E-state index < -0.39 is 5.79 Å². The van der Waals surface area contributed by atoms with Crippen molar-refractivity contribution in [2.45, 2.75) is 85.4 Å². The van der Waals surface area contributed by atoms with Gasteiger partial charge in [-0.2, -0.15) is 0 Å². The molecule has 1 spiro atoms. The van der Waals surface area contributed by atoms with Gasteiger partial charge in [-0.25, -0.2) is 0 Å². The molecule has 1 unspecified atom stereocenters. The molecule has 6 atom stereocenters. The Morgan fingerprint density at radius 1 is 1.17 bits per heavy atom. The monoisotopic (exact) mass is 324 g/mol. The van der Waals surface area contributed by atoms with Crippen molar-refractivity contribution >= 4 is 0 Å². The van der Waals surface area contributed by atoms with Crippen LogP contribution in [0.2, 0.25) is 0 Å². The SMILES string of the molecule is CC(C)/C=C(\O)O[C@@H]1C2(O[C@@H](C)[C@@H](C)O2)[C@H]2CC[C@]1(C)C2(C)C. The number of ether oxygens (including phenoxy) is 3. The van der Waals surface area contributed by atoms with Crippen LogP contribution in [0.1, 0.15) is 61.3 Å². The van der Waals surface area contributed by atoms with Crippen LogP contribution in [-0.2, 0) is 14.2 Å². The molecule has 3 fully saturated rings. The smallest absolute Gasteiger partial charge is 0.273 e. The Morgan fingerprint density at radius 3 is 2.26 bits per heavy atom. The molecule has 0 radical (unpaired) electrons. The van der Waals surface area contributed by atoms with Crippen molar-refractivity contribution in [1.82, 2.24) is 0 Å². The largest absolute Gasteiger partial charge is 0.481 e. The van der Waals surface area contributed by atoms with E-state index in [0.717, 1.165) is 12.8 Å². The maximum atomic E-state index is 10.3. The van der Waals surface area contributed by atoms with E-state index in [2.05, 4.69) is 34.6 Å². The minimum Gasteiger partial charge on any atom is -0.481 e. The fourth-order valence-electron chi connectivity index (χ4n) is 5.07. The van der Waals surface area contributed by atoms with Crippen molar-refractivity contribution in [2.24, 2.45) is 22.7 Å². The summed E-state index contributed by atoms with van der Waals surface area (Å²) in [5.41, 5.74) is -0.0419. The number of hydrogen-bond acceptors (Lipinski definition) is 4. The molecule has 3 rings (SSSR count). The quantitative estimate of drug-likeness (QED) is 0.782. The van der Waals surface area contributed by atoms with Gasteiger partial charge in [0, 0.05) is 11.3 Å². The molecule has 0 aromatic carbocycles. The minimum atomic E-state index is -0.742. The van der Waals surface area contributed by atoms with Gasteiger partial charge in [0.2, 0.25) is 5.79 Å². The highest BCUT2D eigenvalue weighted by atomic mass is 16.8. The van der Waals surface area contributed by atoms with E-state index in [-0.39, 0.29) is 46.9 Å². The van der Waals surface area contributed by atoms with Crippen LogP contribution in [0, 0.1) is 22.7 Å². The van der Waals surface area contributed by atoms with Crippen molar-refractivity contribution in [2.75, 3.05) is 0 Å². The first-order valence-corrected chi connectivity index (χ1v) is 8.97. The number of rotatable bonds is 3. The fraction of sp³-hybridized carbons (Fsp3) is 0.895. The van der Waals surface area contributed by atoms with E-state index in [9.17, 15) is 5.11 Å². The average Bonchev–Trinajstić information content (AvgIpc) is 2.86. The third-order valence-corrected chi connectivity index (χ3v) is 6.84. The fourth-order valence-corrected chi connectivity index (χ4v) is 5.07. The van der Waals surface area contributed by atoms with Gasteiger partial charge in [-0.05, 0) is 44.1 Å². The highest BCUT2D eigenvalue weighted by Gasteiger charge is 2.78. The molecule has 132 valence electrons. The zero-order valence-corrected chi connectivity index (χ0v) is 15.6.